The second-order valence-corrected chi connectivity index (χ2v) is 7.68. The minimum absolute atomic E-state index is 0.171. The predicted molar refractivity (Wildman–Crippen MR) is 108 cm³/mol. The number of carbonyl (C=O) groups is 2. The summed E-state index contributed by atoms with van der Waals surface area (Å²) in [6, 6.07) is 10.3. The van der Waals surface area contributed by atoms with Gasteiger partial charge < -0.3 is 15.4 Å². The van der Waals surface area contributed by atoms with Crippen LogP contribution in [0.2, 0.25) is 0 Å². The molecule has 162 valence electrons. The van der Waals surface area contributed by atoms with Crippen molar-refractivity contribution in [3.05, 3.63) is 71.8 Å². The first-order chi connectivity index (χ1) is 14.8. The van der Waals surface area contributed by atoms with Crippen LogP contribution in [0.4, 0.5) is 13.2 Å². The number of hydrogen-bond acceptors (Lipinski definition) is 3. The van der Waals surface area contributed by atoms with Crippen molar-refractivity contribution in [2.24, 2.45) is 5.92 Å². The second kappa shape index (κ2) is 8.09. The summed E-state index contributed by atoms with van der Waals surface area (Å²) in [7, 11) is 0. The lowest BCUT2D eigenvalue weighted by Gasteiger charge is -2.33. The smallest absolute Gasteiger partial charge is 0.408 e. The van der Waals surface area contributed by atoms with E-state index in [4.69, 9.17) is 4.74 Å². The van der Waals surface area contributed by atoms with Gasteiger partial charge >= 0.3 is 6.18 Å². The molecule has 31 heavy (non-hydrogen) atoms. The van der Waals surface area contributed by atoms with E-state index in [1.54, 1.807) is 24.3 Å². The molecule has 2 N–H and O–H groups in total. The van der Waals surface area contributed by atoms with Crippen LogP contribution in [0.5, 0.6) is 11.5 Å². The van der Waals surface area contributed by atoms with Crippen LogP contribution < -0.4 is 15.4 Å². The van der Waals surface area contributed by atoms with Gasteiger partial charge in [-0.3, -0.25) is 9.59 Å². The van der Waals surface area contributed by atoms with E-state index in [2.05, 4.69) is 11.9 Å². The maximum Gasteiger partial charge on any atom is 0.408 e. The third kappa shape index (κ3) is 4.15. The lowest BCUT2D eigenvalue weighted by molar-refractivity contribution is -0.171. The molecule has 5 nitrogen and oxygen atoms in total. The molecule has 2 aliphatic heterocycles. The molecule has 2 aromatic rings. The van der Waals surface area contributed by atoms with Crippen LogP contribution in [-0.2, 0) is 16.0 Å². The zero-order valence-corrected chi connectivity index (χ0v) is 16.5. The Morgan fingerprint density at radius 1 is 1.16 bits per heavy atom. The van der Waals surface area contributed by atoms with E-state index in [-0.39, 0.29) is 12.8 Å². The molecule has 4 rings (SSSR count). The van der Waals surface area contributed by atoms with Gasteiger partial charge in [-0.05, 0) is 43.0 Å². The summed E-state index contributed by atoms with van der Waals surface area (Å²) in [5, 5.41) is 4.80. The van der Waals surface area contributed by atoms with Gasteiger partial charge in [0.05, 0.1) is 6.04 Å². The van der Waals surface area contributed by atoms with Gasteiger partial charge in [0.15, 0.2) is 0 Å². The average Bonchev–Trinajstić information content (AvgIpc) is 2.73. The number of allylic oxidation sites excluding steroid dienone is 1. The molecule has 2 heterocycles. The van der Waals surface area contributed by atoms with Gasteiger partial charge in [-0.1, -0.05) is 30.3 Å². The highest BCUT2D eigenvalue weighted by Crippen LogP contribution is 2.43. The molecule has 8 heteroatoms. The molecular formula is C23H21F3N2O3. The molecule has 0 bridgehead atoms. The lowest BCUT2D eigenvalue weighted by atomic mass is 9.89. The van der Waals surface area contributed by atoms with Crippen molar-refractivity contribution in [3.63, 3.8) is 0 Å². The van der Waals surface area contributed by atoms with Crippen LogP contribution in [0.25, 0.3) is 0 Å². The largest absolute Gasteiger partial charge is 0.457 e. The van der Waals surface area contributed by atoms with E-state index >= 15 is 0 Å². The Kier molecular flexibility index (Phi) is 5.47. The first-order valence-electron chi connectivity index (χ1n) is 9.96. The third-order valence-corrected chi connectivity index (χ3v) is 5.59. The molecule has 0 saturated carbocycles. The van der Waals surface area contributed by atoms with Gasteiger partial charge in [0, 0.05) is 11.1 Å². The van der Waals surface area contributed by atoms with Crippen LogP contribution in [-0.4, -0.2) is 24.0 Å². The highest BCUT2D eigenvalue weighted by Gasteiger charge is 2.46. The Morgan fingerprint density at radius 2 is 1.90 bits per heavy atom. The van der Waals surface area contributed by atoms with Crippen LogP contribution in [0.15, 0.2) is 55.1 Å². The number of alkyl halides is 3. The Bertz CT molecular complexity index is 1030. The molecular weight excluding hydrogens is 409 g/mol. The predicted octanol–water partition coefficient (Wildman–Crippen LogP) is 4.18. The molecule has 3 unspecified atom stereocenters. The minimum atomic E-state index is -4.53. The molecule has 1 fully saturated rings. The fraction of sp³-hybridized carbons (Fsp3) is 0.304. The highest BCUT2D eigenvalue weighted by atomic mass is 19.4. The molecule has 2 amide bonds. The molecule has 2 aliphatic rings. The molecule has 0 aliphatic carbocycles. The number of rotatable bonds is 4. The van der Waals surface area contributed by atoms with Gasteiger partial charge in [-0.15, -0.1) is 6.58 Å². The summed E-state index contributed by atoms with van der Waals surface area (Å²) in [5.74, 6) is -1.57. The van der Waals surface area contributed by atoms with Crippen LogP contribution >= 0.6 is 0 Å². The van der Waals surface area contributed by atoms with Crippen molar-refractivity contribution in [3.8, 4) is 11.5 Å². The van der Waals surface area contributed by atoms with Gasteiger partial charge in [0.25, 0.3) is 0 Å². The van der Waals surface area contributed by atoms with E-state index in [1.165, 1.54) is 0 Å². The van der Waals surface area contributed by atoms with Crippen LogP contribution in [0, 0.1) is 5.92 Å². The Morgan fingerprint density at radius 3 is 2.61 bits per heavy atom. The van der Waals surface area contributed by atoms with Crippen molar-refractivity contribution >= 4 is 11.8 Å². The quantitative estimate of drug-likeness (QED) is 0.565. The van der Waals surface area contributed by atoms with Gasteiger partial charge in [-0.2, -0.15) is 13.2 Å². The number of fused-ring (bicyclic) bond motifs is 2. The Balaban J connectivity index is 1.61. The van der Waals surface area contributed by atoms with Crippen molar-refractivity contribution in [1.29, 1.82) is 0 Å². The SMILES string of the molecule is C=CCc1ccc2c(c1)C(NC(=O)C1CCC(C(F)(F)F)NC1=O)c1ccccc1O2. The van der Waals surface area contributed by atoms with E-state index in [0.717, 1.165) is 11.1 Å². The van der Waals surface area contributed by atoms with Crippen molar-refractivity contribution in [2.75, 3.05) is 0 Å². The van der Waals surface area contributed by atoms with Crippen molar-refractivity contribution < 1.29 is 27.5 Å². The number of benzene rings is 2. The van der Waals surface area contributed by atoms with Crippen molar-refractivity contribution in [1.82, 2.24) is 10.6 Å². The van der Waals surface area contributed by atoms with E-state index < -0.39 is 36.0 Å². The number of carbonyl (C=O) groups excluding carboxylic acids is 2. The van der Waals surface area contributed by atoms with E-state index in [9.17, 15) is 22.8 Å². The third-order valence-electron chi connectivity index (χ3n) is 5.59. The molecule has 0 radical (unpaired) electrons. The number of ether oxygens (including phenoxy) is 1. The molecule has 0 spiro atoms. The minimum Gasteiger partial charge on any atom is -0.457 e. The maximum absolute atomic E-state index is 13.0. The second-order valence-electron chi connectivity index (χ2n) is 7.68. The maximum atomic E-state index is 13.0. The molecule has 1 saturated heterocycles. The zero-order valence-electron chi connectivity index (χ0n) is 16.5. The standard InChI is InChI=1S/C23H21F3N2O3/c1-2-5-13-8-10-18-16(12-13)20(14-6-3-4-7-17(14)31-18)28-22(30)15-9-11-19(23(24,25)26)27-21(15)29/h2-4,6-8,10,12,15,19-20H,1,5,9,11H2,(H,27,29)(H,28,30). The summed E-state index contributed by atoms with van der Waals surface area (Å²) in [5.41, 5.74) is 2.40. The summed E-state index contributed by atoms with van der Waals surface area (Å²) in [6.07, 6.45) is -2.65. The summed E-state index contributed by atoms with van der Waals surface area (Å²) >= 11 is 0. The number of hydrogen-bond donors (Lipinski definition) is 2. The monoisotopic (exact) mass is 430 g/mol. The number of para-hydroxylation sites is 1. The fourth-order valence-electron chi connectivity index (χ4n) is 4.01. The number of amides is 2. The number of piperidine rings is 1. The Labute approximate surface area is 177 Å². The van der Waals surface area contributed by atoms with Gasteiger partial charge in [0.1, 0.15) is 23.5 Å². The van der Waals surface area contributed by atoms with E-state index in [1.807, 2.05) is 29.6 Å². The zero-order chi connectivity index (χ0) is 22.2. The highest BCUT2D eigenvalue weighted by molar-refractivity contribution is 6.01. The normalized spacial score (nSPS) is 22.4. The first-order valence-corrected chi connectivity index (χ1v) is 9.96. The average molecular weight is 430 g/mol. The summed E-state index contributed by atoms with van der Waals surface area (Å²) < 4.78 is 44.7. The van der Waals surface area contributed by atoms with Gasteiger partial charge in [0.2, 0.25) is 11.8 Å². The summed E-state index contributed by atoms with van der Waals surface area (Å²) in [4.78, 5) is 25.2. The number of nitrogens with one attached hydrogen (secondary N) is 2. The first kappa shape index (κ1) is 21.0. The summed E-state index contributed by atoms with van der Waals surface area (Å²) in [6.45, 7) is 3.74. The topological polar surface area (TPSA) is 67.4 Å². The Hall–Kier alpha value is -3.29. The number of halogens is 3. The van der Waals surface area contributed by atoms with Crippen LogP contribution in [0.1, 0.15) is 35.6 Å². The molecule has 3 atom stereocenters. The van der Waals surface area contributed by atoms with Gasteiger partial charge in [-0.25, -0.2) is 0 Å². The lowest BCUT2D eigenvalue weighted by Crippen LogP contribution is -2.54. The molecule has 0 aromatic heterocycles. The van der Waals surface area contributed by atoms with Crippen molar-refractivity contribution in [2.45, 2.75) is 37.5 Å². The molecule has 2 aromatic carbocycles. The van der Waals surface area contributed by atoms with E-state index in [0.29, 0.717) is 23.5 Å². The fourth-order valence-corrected chi connectivity index (χ4v) is 4.01. The van der Waals surface area contributed by atoms with Crippen LogP contribution in [0.3, 0.4) is 0 Å².